The maximum Gasteiger partial charge on any atom is 0.451 e. The first-order chi connectivity index (χ1) is 18.7. The molecule has 1 aromatic carbocycles. The van der Waals surface area contributed by atoms with Crippen LogP contribution >= 0.6 is 11.6 Å². The lowest BCUT2D eigenvalue weighted by molar-refractivity contribution is -0.144. The Morgan fingerprint density at radius 1 is 1.03 bits per heavy atom. The van der Waals surface area contributed by atoms with Crippen LogP contribution in [0.15, 0.2) is 30.6 Å². The smallest absolute Gasteiger partial charge is 0.378 e. The number of H-pyrrole nitrogens is 1. The minimum atomic E-state index is -4.74. The van der Waals surface area contributed by atoms with Crippen LogP contribution in [0.25, 0.3) is 10.9 Å². The first-order valence-electron chi connectivity index (χ1n) is 12.4. The molecule has 1 saturated heterocycles. The molecule has 3 aromatic heterocycles. The van der Waals surface area contributed by atoms with Crippen molar-refractivity contribution in [2.45, 2.75) is 18.6 Å². The summed E-state index contributed by atoms with van der Waals surface area (Å²) in [6, 6.07) is 5.01. The van der Waals surface area contributed by atoms with Crippen LogP contribution in [0.3, 0.4) is 0 Å². The molecule has 39 heavy (non-hydrogen) atoms. The molecule has 6 rings (SSSR count). The van der Waals surface area contributed by atoms with Gasteiger partial charge in [0.15, 0.2) is 0 Å². The second-order valence-corrected chi connectivity index (χ2v) is 10.1. The van der Waals surface area contributed by atoms with Crippen LogP contribution < -0.4 is 14.7 Å². The van der Waals surface area contributed by atoms with Gasteiger partial charge in [0, 0.05) is 73.3 Å². The fraction of sp³-hybridized carbons (Fsp3) is 0.400. The monoisotopic (exact) mass is 559 g/mol. The van der Waals surface area contributed by atoms with Crippen LogP contribution in [0.1, 0.15) is 28.7 Å². The van der Waals surface area contributed by atoms with Crippen molar-refractivity contribution in [3.05, 3.63) is 58.3 Å². The maximum absolute atomic E-state index is 13.8. The average molecular weight is 560 g/mol. The highest BCUT2D eigenvalue weighted by atomic mass is 35.5. The van der Waals surface area contributed by atoms with E-state index in [0.29, 0.717) is 55.8 Å². The minimum Gasteiger partial charge on any atom is -0.378 e. The van der Waals surface area contributed by atoms with E-state index in [0.717, 1.165) is 22.2 Å². The van der Waals surface area contributed by atoms with Crippen molar-refractivity contribution in [3.63, 3.8) is 0 Å². The number of aromatic nitrogens is 6. The van der Waals surface area contributed by atoms with Crippen molar-refractivity contribution < 1.29 is 17.9 Å². The van der Waals surface area contributed by atoms with Crippen molar-refractivity contribution in [2.75, 3.05) is 61.6 Å². The Kier molecular flexibility index (Phi) is 6.42. The summed E-state index contributed by atoms with van der Waals surface area (Å²) < 4.78 is 46.8. The predicted octanol–water partition coefficient (Wildman–Crippen LogP) is 3.87. The highest BCUT2D eigenvalue weighted by Gasteiger charge is 2.39. The van der Waals surface area contributed by atoms with Crippen LogP contribution in [-0.2, 0) is 17.3 Å². The van der Waals surface area contributed by atoms with Gasteiger partial charge in [0.1, 0.15) is 6.04 Å². The lowest BCUT2D eigenvalue weighted by Crippen LogP contribution is -2.39. The standard InChI is InChI=1S/C25H25ClF3N9O/c1-36(2)23-33-21(25(27,28)29)34-24(35-23)38-6-5-16-17-11-15(26)3-4-18(17)32-19(16)20(38)14-12-30-22(31-13-14)37-7-9-39-10-8-37/h3-4,11-13,20,32H,5-10H2,1-2H3/t20-/m0/s1. The Labute approximate surface area is 226 Å². The number of halogens is 4. The molecule has 1 fully saturated rings. The summed E-state index contributed by atoms with van der Waals surface area (Å²) in [4.78, 5) is 29.8. The van der Waals surface area contributed by atoms with Gasteiger partial charge in [0.25, 0.3) is 0 Å². The third-order valence-corrected chi connectivity index (χ3v) is 7.11. The number of hydrogen-bond acceptors (Lipinski definition) is 9. The second kappa shape index (κ2) is 9.79. The number of hydrogen-bond donors (Lipinski definition) is 1. The molecule has 204 valence electrons. The van der Waals surface area contributed by atoms with Gasteiger partial charge in [0.05, 0.1) is 13.2 Å². The fourth-order valence-electron chi connectivity index (χ4n) is 5.03. The largest absolute Gasteiger partial charge is 0.451 e. The number of rotatable bonds is 4. The zero-order valence-corrected chi connectivity index (χ0v) is 22.0. The highest BCUT2D eigenvalue weighted by molar-refractivity contribution is 6.31. The van der Waals surface area contributed by atoms with Crippen molar-refractivity contribution >= 4 is 40.3 Å². The summed E-state index contributed by atoms with van der Waals surface area (Å²) in [5.41, 5.74) is 3.40. The molecule has 1 atom stereocenters. The Hall–Kier alpha value is -3.71. The van der Waals surface area contributed by atoms with Gasteiger partial charge in [-0.15, -0.1) is 0 Å². The number of ether oxygens (including phenoxy) is 1. The predicted molar refractivity (Wildman–Crippen MR) is 140 cm³/mol. The van der Waals surface area contributed by atoms with E-state index >= 15 is 0 Å². The normalized spacial score (nSPS) is 17.9. The van der Waals surface area contributed by atoms with Crippen LogP contribution in [0.2, 0.25) is 5.02 Å². The zero-order chi connectivity index (χ0) is 27.3. The Morgan fingerprint density at radius 2 is 1.77 bits per heavy atom. The molecule has 0 bridgehead atoms. The molecule has 2 aliphatic heterocycles. The molecule has 0 unspecified atom stereocenters. The quantitative estimate of drug-likeness (QED) is 0.399. The molecule has 0 spiro atoms. The van der Waals surface area contributed by atoms with Crippen LogP contribution in [0, 0.1) is 0 Å². The number of benzene rings is 1. The molecule has 10 nitrogen and oxygen atoms in total. The molecule has 2 aliphatic rings. The van der Waals surface area contributed by atoms with Gasteiger partial charge in [-0.25, -0.2) is 9.97 Å². The van der Waals surface area contributed by atoms with Gasteiger partial charge in [0.2, 0.25) is 23.7 Å². The first-order valence-corrected chi connectivity index (χ1v) is 12.8. The van der Waals surface area contributed by atoms with E-state index in [1.165, 1.54) is 4.90 Å². The molecule has 0 radical (unpaired) electrons. The Morgan fingerprint density at radius 3 is 2.46 bits per heavy atom. The molecule has 0 amide bonds. The summed E-state index contributed by atoms with van der Waals surface area (Å²) in [6.07, 6.45) is -0.771. The summed E-state index contributed by atoms with van der Waals surface area (Å²) in [7, 11) is 3.18. The van der Waals surface area contributed by atoms with Crippen LogP contribution in [-0.4, -0.2) is 76.8 Å². The number of morpholine rings is 1. The summed E-state index contributed by atoms with van der Waals surface area (Å²) in [6.45, 7) is 2.91. The SMILES string of the molecule is CN(C)c1nc(N2CCc3c([nH]c4ccc(Cl)cc34)[C@@H]2c2cnc(N3CCOCC3)nc2)nc(C(F)(F)F)n1. The molecule has 0 saturated carbocycles. The van der Waals surface area contributed by atoms with E-state index in [2.05, 4.69) is 29.9 Å². The van der Waals surface area contributed by atoms with E-state index < -0.39 is 18.0 Å². The summed E-state index contributed by atoms with van der Waals surface area (Å²) in [5, 5.41) is 1.57. The van der Waals surface area contributed by atoms with Crippen LogP contribution in [0.4, 0.5) is 31.0 Å². The minimum absolute atomic E-state index is 0.0781. The number of alkyl halides is 3. The third kappa shape index (κ3) is 4.80. The molecule has 1 N–H and O–H groups in total. The van der Waals surface area contributed by atoms with Crippen molar-refractivity contribution in [1.29, 1.82) is 0 Å². The van der Waals surface area contributed by atoms with Gasteiger partial charge in [-0.3, -0.25) is 0 Å². The zero-order valence-electron chi connectivity index (χ0n) is 21.2. The van der Waals surface area contributed by atoms with Crippen molar-refractivity contribution in [3.8, 4) is 0 Å². The van der Waals surface area contributed by atoms with Crippen LogP contribution in [0.5, 0.6) is 0 Å². The van der Waals surface area contributed by atoms with E-state index in [4.69, 9.17) is 16.3 Å². The third-order valence-electron chi connectivity index (χ3n) is 6.88. The van der Waals surface area contributed by atoms with E-state index in [1.54, 1.807) is 37.5 Å². The maximum atomic E-state index is 13.8. The molecule has 0 aliphatic carbocycles. The summed E-state index contributed by atoms with van der Waals surface area (Å²) in [5.74, 6) is -0.838. The second-order valence-electron chi connectivity index (χ2n) is 9.62. The number of aromatic amines is 1. The molecule has 14 heteroatoms. The van der Waals surface area contributed by atoms with E-state index in [-0.39, 0.29) is 11.9 Å². The summed E-state index contributed by atoms with van der Waals surface area (Å²) >= 11 is 6.30. The molecular weight excluding hydrogens is 535 g/mol. The molecular formula is C25H25ClF3N9O. The first kappa shape index (κ1) is 25.6. The number of nitrogens with zero attached hydrogens (tertiary/aromatic N) is 8. The average Bonchev–Trinajstić information content (AvgIpc) is 3.30. The number of nitrogens with one attached hydrogen (secondary N) is 1. The van der Waals surface area contributed by atoms with Gasteiger partial charge in [-0.1, -0.05) is 11.6 Å². The Bertz CT molecular complexity index is 1500. The fourth-order valence-corrected chi connectivity index (χ4v) is 5.20. The number of anilines is 3. The lowest BCUT2D eigenvalue weighted by atomic mass is 9.94. The van der Waals surface area contributed by atoms with Gasteiger partial charge in [-0.05, 0) is 30.2 Å². The number of fused-ring (bicyclic) bond motifs is 3. The van der Waals surface area contributed by atoms with Crippen molar-refractivity contribution in [1.82, 2.24) is 29.9 Å². The Balaban J connectivity index is 1.49. The van der Waals surface area contributed by atoms with E-state index in [1.807, 2.05) is 17.0 Å². The molecule has 4 aromatic rings. The topological polar surface area (TPSA) is 99.2 Å². The van der Waals surface area contributed by atoms with Gasteiger partial charge in [-0.2, -0.15) is 28.1 Å². The van der Waals surface area contributed by atoms with Crippen molar-refractivity contribution in [2.24, 2.45) is 0 Å². The van der Waals surface area contributed by atoms with Gasteiger partial charge >= 0.3 is 6.18 Å². The lowest BCUT2D eigenvalue weighted by Gasteiger charge is -2.36. The highest BCUT2D eigenvalue weighted by Crippen LogP contribution is 2.41. The van der Waals surface area contributed by atoms with Gasteiger partial charge < -0.3 is 24.4 Å². The molecule has 5 heterocycles. The van der Waals surface area contributed by atoms with E-state index in [9.17, 15) is 13.2 Å².